The quantitative estimate of drug-likeness (QED) is 0.324. The molecule has 2 aliphatic carbocycles. The highest BCUT2D eigenvalue weighted by Crippen LogP contribution is 2.64. The molecule has 9 heteroatoms. The van der Waals surface area contributed by atoms with Gasteiger partial charge in [-0.1, -0.05) is 71.8 Å². The summed E-state index contributed by atoms with van der Waals surface area (Å²) in [5.41, 5.74) is 4.34. The Bertz CT molecular complexity index is 1690. The predicted molar refractivity (Wildman–Crippen MR) is 150 cm³/mol. The molecule has 4 aliphatic rings. The molecule has 212 valence electrons. The molecule has 7 rings (SSSR count). The summed E-state index contributed by atoms with van der Waals surface area (Å²) < 4.78 is 15.0. The van der Waals surface area contributed by atoms with Crippen LogP contribution in [0.25, 0.3) is 0 Å². The molecule has 4 amide bonds. The van der Waals surface area contributed by atoms with Gasteiger partial charge in [0, 0.05) is 11.5 Å². The minimum Gasteiger partial charge on any atom is -0.505 e. The van der Waals surface area contributed by atoms with E-state index in [-0.39, 0.29) is 24.3 Å². The first kappa shape index (κ1) is 26.1. The molecule has 1 saturated carbocycles. The third kappa shape index (κ3) is 3.52. The second-order valence-corrected chi connectivity index (χ2v) is 11.6. The lowest BCUT2D eigenvalue weighted by molar-refractivity contribution is -0.138. The third-order valence-electron chi connectivity index (χ3n) is 9.56. The van der Waals surface area contributed by atoms with E-state index >= 15 is 0 Å². The van der Waals surface area contributed by atoms with Crippen molar-refractivity contribution in [2.75, 3.05) is 5.43 Å². The average Bonchev–Trinajstić information content (AvgIpc) is 3.40. The molecule has 0 spiro atoms. The molecule has 3 aromatic rings. The summed E-state index contributed by atoms with van der Waals surface area (Å²) in [6, 6.07) is 20.3. The fraction of sp³-hybridized carbons (Fsp3) is 0.273. The second kappa shape index (κ2) is 9.37. The van der Waals surface area contributed by atoms with Crippen LogP contribution in [-0.4, -0.2) is 33.7 Å². The number of phenols is 1. The number of phenolic OH excluding ortho intramolecular Hbond substituents is 1. The number of carbonyl (C=O) groups excluding carboxylic acids is 4. The van der Waals surface area contributed by atoms with Gasteiger partial charge < -0.3 is 5.11 Å². The van der Waals surface area contributed by atoms with Crippen molar-refractivity contribution in [3.05, 3.63) is 107 Å². The smallest absolute Gasteiger partial charge is 0.260 e. The van der Waals surface area contributed by atoms with Gasteiger partial charge in [-0.05, 0) is 49.4 Å². The maximum Gasteiger partial charge on any atom is 0.260 e. The Balaban J connectivity index is 1.48. The van der Waals surface area contributed by atoms with E-state index in [2.05, 4.69) is 10.7 Å². The second-order valence-electron chi connectivity index (χ2n) is 11.6. The number of nitrogens with zero attached hydrogens (tertiary/aromatic N) is 1. The van der Waals surface area contributed by atoms with E-state index in [4.69, 9.17) is 0 Å². The lowest BCUT2D eigenvalue weighted by Gasteiger charge is -2.50. The molecule has 0 radical (unpaired) electrons. The van der Waals surface area contributed by atoms with Crippen molar-refractivity contribution in [3.8, 4) is 5.75 Å². The highest BCUT2D eigenvalue weighted by molar-refractivity contribution is 6.13. The summed E-state index contributed by atoms with van der Waals surface area (Å²) in [5, 5.41) is 14.6. The van der Waals surface area contributed by atoms with Crippen LogP contribution < -0.4 is 10.7 Å². The highest BCUT2D eigenvalue weighted by Gasteiger charge is 2.70. The Hall–Kier alpha value is -4.79. The van der Waals surface area contributed by atoms with Gasteiger partial charge in [0.25, 0.3) is 11.8 Å². The monoisotopic (exact) mass is 565 g/mol. The number of allylic oxidation sites excluding steroid dienone is 2. The van der Waals surface area contributed by atoms with Gasteiger partial charge in [0.2, 0.25) is 11.8 Å². The normalized spacial score (nSPS) is 29.9. The van der Waals surface area contributed by atoms with Gasteiger partial charge in [-0.2, -0.15) is 5.01 Å². The molecule has 3 N–H and O–H groups in total. The molecule has 42 heavy (non-hydrogen) atoms. The van der Waals surface area contributed by atoms with Crippen LogP contribution in [0.15, 0.2) is 84.4 Å². The van der Waals surface area contributed by atoms with Crippen LogP contribution in [0.2, 0.25) is 0 Å². The number of amides is 4. The number of hydrazine groups is 1. The molecule has 3 fully saturated rings. The summed E-state index contributed by atoms with van der Waals surface area (Å²) in [6.07, 6.45) is 2.24. The van der Waals surface area contributed by atoms with Crippen molar-refractivity contribution < 1.29 is 28.7 Å². The molecular formula is C33H28FN3O5. The largest absolute Gasteiger partial charge is 0.505 e. The maximum atomic E-state index is 15.0. The van der Waals surface area contributed by atoms with Gasteiger partial charge in [-0.3, -0.25) is 29.9 Å². The van der Waals surface area contributed by atoms with Crippen molar-refractivity contribution in [3.63, 3.8) is 0 Å². The summed E-state index contributed by atoms with van der Waals surface area (Å²) >= 11 is 0. The van der Waals surface area contributed by atoms with E-state index in [0.717, 1.165) is 16.6 Å². The van der Waals surface area contributed by atoms with E-state index < -0.39 is 64.3 Å². The number of hydrogen-bond acceptors (Lipinski definition) is 6. The number of hydrogen-bond donors (Lipinski definition) is 3. The van der Waals surface area contributed by atoms with Crippen LogP contribution in [-0.2, 0) is 24.6 Å². The fourth-order valence-corrected chi connectivity index (χ4v) is 7.77. The van der Waals surface area contributed by atoms with Crippen LogP contribution in [0.1, 0.15) is 35.4 Å². The van der Waals surface area contributed by atoms with Crippen LogP contribution in [0.3, 0.4) is 0 Å². The number of para-hydroxylation sites is 1. The van der Waals surface area contributed by atoms with Crippen molar-refractivity contribution in [2.45, 2.75) is 31.1 Å². The maximum absolute atomic E-state index is 15.0. The first-order valence-corrected chi connectivity index (χ1v) is 14.0. The van der Waals surface area contributed by atoms with Crippen molar-refractivity contribution in [1.82, 2.24) is 10.3 Å². The Labute approximate surface area is 241 Å². The van der Waals surface area contributed by atoms with E-state index in [9.17, 15) is 28.7 Å². The van der Waals surface area contributed by atoms with Crippen molar-refractivity contribution in [1.29, 1.82) is 0 Å². The molecule has 6 unspecified atom stereocenters. The van der Waals surface area contributed by atoms with Gasteiger partial charge in [0.15, 0.2) is 11.6 Å². The van der Waals surface area contributed by atoms with Gasteiger partial charge in [-0.25, -0.2) is 4.39 Å². The Morgan fingerprint density at radius 2 is 1.67 bits per heavy atom. The van der Waals surface area contributed by atoms with E-state index in [1.165, 1.54) is 6.07 Å². The van der Waals surface area contributed by atoms with Gasteiger partial charge in [-0.15, -0.1) is 0 Å². The van der Waals surface area contributed by atoms with E-state index in [1.54, 1.807) is 48.5 Å². The summed E-state index contributed by atoms with van der Waals surface area (Å²) in [6.45, 7) is 1.93. The number of fused-ring (bicyclic) bond motifs is 4. The lowest BCUT2D eigenvalue weighted by Crippen LogP contribution is -2.53. The number of halogens is 1. The SMILES string of the molecule is Cc1ccc(NN2C(=O)C3CC4C(=CCC5C(=O)NC(=O)C54)C(c4cccc(F)c4O)C3(c3ccccc3)C2=O)cc1. The summed E-state index contributed by atoms with van der Waals surface area (Å²) in [4.78, 5) is 55.0. The van der Waals surface area contributed by atoms with E-state index in [1.807, 2.05) is 25.1 Å². The Morgan fingerprint density at radius 1 is 0.929 bits per heavy atom. The minimum absolute atomic E-state index is 0.131. The fourth-order valence-electron chi connectivity index (χ4n) is 7.77. The van der Waals surface area contributed by atoms with E-state index in [0.29, 0.717) is 16.8 Å². The number of aromatic hydroxyl groups is 1. The first-order chi connectivity index (χ1) is 20.2. The number of anilines is 1. The van der Waals surface area contributed by atoms with Crippen LogP contribution >= 0.6 is 0 Å². The molecule has 2 aliphatic heterocycles. The Morgan fingerprint density at radius 3 is 2.40 bits per heavy atom. The predicted octanol–water partition coefficient (Wildman–Crippen LogP) is 4.11. The standard InChI is InChI=1S/C33H28FN3O5/c1-17-10-12-19(13-11-17)36-37-31(41)24-16-23-20(14-15-21-26(23)30(40)35-29(21)39)27(22-8-5-9-25(34)28(22)38)33(24,32(37)42)18-6-3-2-4-7-18/h2-14,21,23-24,26-27,36,38H,15-16H2,1H3,(H,35,39,40). The molecule has 6 atom stereocenters. The topological polar surface area (TPSA) is 116 Å². The van der Waals surface area contributed by atoms with Gasteiger partial charge in [0.05, 0.1) is 28.9 Å². The molecular weight excluding hydrogens is 537 g/mol. The molecule has 0 aromatic heterocycles. The van der Waals surface area contributed by atoms with Crippen LogP contribution in [0, 0.1) is 36.4 Å². The third-order valence-corrected chi connectivity index (χ3v) is 9.56. The van der Waals surface area contributed by atoms with Crippen molar-refractivity contribution in [2.24, 2.45) is 23.7 Å². The summed E-state index contributed by atoms with van der Waals surface area (Å²) in [5.74, 6) is -7.11. The number of rotatable bonds is 4. The highest BCUT2D eigenvalue weighted by atomic mass is 19.1. The Kier molecular flexibility index (Phi) is 5.83. The minimum atomic E-state index is -1.56. The zero-order valence-electron chi connectivity index (χ0n) is 22.7. The molecule has 2 heterocycles. The number of imide groups is 2. The molecule has 0 bridgehead atoms. The number of nitrogens with one attached hydrogen (secondary N) is 2. The molecule has 3 aromatic carbocycles. The average molecular weight is 566 g/mol. The summed E-state index contributed by atoms with van der Waals surface area (Å²) in [7, 11) is 0. The zero-order chi connectivity index (χ0) is 29.3. The molecule has 8 nitrogen and oxygen atoms in total. The van der Waals surface area contributed by atoms with Gasteiger partial charge >= 0.3 is 0 Å². The van der Waals surface area contributed by atoms with Crippen LogP contribution in [0.4, 0.5) is 10.1 Å². The zero-order valence-corrected chi connectivity index (χ0v) is 22.7. The number of carbonyl (C=O) groups is 4. The van der Waals surface area contributed by atoms with Crippen LogP contribution in [0.5, 0.6) is 5.75 Å². The number of aryl methyl sites for hydroxylation is 1. The first-order valence-electron chi connectivity index (χ1n) is 14.0. The lowest BCUT2D eigenvalue weighted by atomic mass is 9.49. The number of benzene rings is 3. The van der Waals surface area contributed by atoms with Crippen molar-refractivity contribution >= 4 is 29.3 Å². The van der Waals surface area contributed by atoms with Gasteiger partial charge in [0.1, 0.15) is 0 Å². The molecule has 2 saturated heterocycles.